The quantitative estimate of drug-likeness (QED) is 0.443. The summed E-state index contributed by atoms with van der Waals surface area (Å²) in [4.78, 5) is 28.1. The van der Waals surface area contributed by atoms with E-state index in [0.29, 0.717) is 11.4 Å². The van der Waals surface area contributed by atoms with Crippen molar-refractivity contribution in [2.75, 3.05) is 12.0 Å². The van der Waals surface area contributed by atoms with Crippen molar-refractivity contribution in [3.8, 4) is 5.75 Å². The minimum absolute atomic E-state index is 0.0166. The van der Waals surface area contributed by atoms with Gasteiger partial charge in [0.25, 0.3) is 5.91 Å². The van der Waals surface area contributed by atoms with E-state index >= 15 is 0 Å². The highest BCUT2D eigenvalue weighted by molar-refractivity contribution is 6.20. The second kappa shape index (κ2) is 7.74. The molecule has 1 aromatic heterocycles. The molecule has 2 heterocycles. The number of amides is 1. The van der Waals surface area contributed by atoms with E-state index in [4.69, 9.17) is 9.15 Å². The molecule has 1 aliphatic heterocycles. The van der Waals surface area contributed by atoms with Crippen molar-refractivity contribution >= 4 is 28.2 Å². The van der Waals surface area contributed by atoms with Crippen LogP contribution < -0.4 is 9.64 Å². The number of anilines is 1. The average Bonchev–Trinajstić information content (AvgIpc) is 3.46. The molecule has 0 fully saturated rings. The number of fused-ring (bicyclic) bond motifs is 1. The molecule has 1 N–H and O–H groups in total. The second-order valence-electron chi connectivity index (χ2n) is 7.41. The highest BCUT2D eigenvalue weighted by Gasteiger charge is 2.45. The Balaban J connectivity index is 1.74. The van der Waals surface area contributed by atoms with E-state index in [-0.39, 0.29) is 11.3 Å². The maximum absolute atomic E-state index is 13.4. The molecule has 0 bridgehead atoms. The molecule has 6 heteroatoms. The van der Waals surface area contributed by atoms with Crippen LogP contribution in [0.3, 0.4) is 0 Å². The predicted molar refractivity (Wildman–Crippen MR) is 120 cm³/mol. The molecule has 0 aliphatic carbocycles. The summed E-state index contributed by atoms with van der Waals surface area (Å²) in [6, 6.07) is 22.6. The Morgan fingerprint density at radius 1 is 0.969 bits per heavy atom. The molecule has 32 heavy (non-hydrogen) atoms. The van der Waals surface area contributed by atoms with Crippen LogP contribution in [0.2, 0.25) is 0 Å². The number of ether oxygens (including phenoxy) is 1. The zero-order valence-electron chi connectivity index (χ0n) is 17.2. The molecule has 0 saturated carbocycles. The van der Waals surface area contributed by atoms with Crippen LogP contribution in [0, 0.1) is 0 Å². The number of ketones is 1. The molecule has 4 aromatic rings. The van der Waals surface area contributed by atoms with Crippen molar-refractivity contribution in [2.45, 2.75) is 6.04 Å². The van der Waals surface area contributed by atoms with E-state index in [0.717, 1.165) is 16.3 Å². The van der Waals surface area contributed by atoms with Gasteiger partial charge in [0.05, 0.1) is 25.0 Å². The molecular formula is C26H19NO5. The fraction of sp³-hybridized carbons (Fsp3) is 0.0769. The van der Waals surface area contributed by atoms with Crippen LogP contribution in [-0.2, 0) is 4.79 Å². The molecule has 0 saturated heterocycles. The number of furan rings is 1. The highest BCUT2D eigenvalue weighted by Crippen LogP contribution is 2.44. The Labute approximate surface area is 184 Å². The fourth-order valence-corrected chi connectivity index (χ4v) is 4.17. The van der Waals surface area contributed by atoms with Gasteiger partial charge in [-0.3, -0.25) is 14.5 Å². The van der Waals surface area contributed by atoms with Crippen LogP contribution in [0.1, 0.15) is 22.2 Å². The first-order chi connectivity index (χ1) is 15.6. The van der Waals surface area contributed by atoms with Crippen LogP contribution in [0.5, 0.6) is 5.75 Å². The Morgan fingerprint density at radius 3 is 2.44 bits per heavy atom. The molecule has 0 spiro atoms. The van der Waals surface area contributed by atoms with Gasteiger partial charge in [0.15, 0.2) is 11.5 Å². The van der Waals surface area contributed by atoms with Gasteiger partial charge in [-0.2, -0.15) is 0 Å². The predicted octanol–water partition coefficient (Wildman–Crippen LogP) is 5.22. The molecule has 3 aromatic carbocycles. The van der Waals surface area contributed by atoms with Gasteiger partial charge in [0, 0.05) is 5.69 Å². The van der Waals surface area contributed by atoms with E-state index in [9.17, 15) is 14.7 Å². The second-order valence-corrected chi connectivity index (χ2v) is 7.41. The molecule has 6 nitrogen and oxygen atoms in total. The van der Waals surface area contributed by atoms with Gasteiger partial charge in [-0.05, 0) is 52.7 Å². The summed E-state index contributed by atoms with van der Waals surface area (Å²) >= 11 is 0. The first-order valence-corrected chi connectivity index (χ1v) is 10.1. The van der Waals surface area contributed by atoms with E-state index in [1.54, 1.807) is 37.4 Å². The van der Waals surface area contributed by atoms with E-state index in [1.807, 2.05) is 42.5 Å². The lowest BCUT2D eigenvalue weighted by Gasteiger charge is -2.28. The summed E-state index contributed by atoms with van der Waals surface area (Å²) in [5.74, 6) is -1.08. The summed E-state index contributed by atoms with van der Waals surface area (Å²) in [5, 5.41) is 12.7. The van der Waals surface area contributed by atoms with Gasteiger partial charge < -0.3 is 14.3 Å². The van der Waals surface area contributed by atoms with Crippen molar-refractivity contribution in [3.63, 3.8) is 0 Å². The first kappa shape index (κ1) is 19.6. The molecular weight excluding hydrogens is 406 g/mol. The lowest BCUT2D eigenvalue weighted by Crippen LogP contribution is -2.31. The van der Waals surface area contributed by atoms with E-state index < -0.39 is 23.5 Å². The molecule has 5 rings (SSSR count). The number of hydrogen-bond donors (Lipinski definition) is 1. The van der Waals surface area contributed by atoms with Crippen molar-refractivity contribution in [3.05, 3.63) is 108 Å². The first-order valence-electron chi connectivity index (χ1n) is 10.1. The smallest absolute Gasteiger partial charge is 0.294 e. The number of aliphatic hydroxyl groups is 1. The third-order valence-electron chi connectivity index (χ3n) is 5.67. The summed E-state index contributed by atoms with van der Waals surface area (Å²) in [5.41, 5.74) is 1.24. The Kier molecular flexibility index (Phi) is 4.75. The summed E-state index contributed by atoms with van der Waals surface area (Å²) in [6.45, 7) is 0. The summed E-state index contributed by atoms with van der Waals surface area (Å²) in [7, 11) is 1.56. The van der Waals surface area contributed by atoms with Gasteiger partial charge in [0.2, 0.25) is 5.78 Å². The molecule has 0 radical (unpaired) electrons. The van der Waals surface area contributed by atoms with Crippen LogP contribution in [0.15, 0.2) is 101 Å². The Morgan fingerprint density at radius 2 is 1.72 bits per heavy atom. The molecule has 1 unspecified atom stereocenters. The van der Waals surface area contributed by atoms with Gasteiger partial charge in [-0.1, -0.05) is 42.5 Å². The number of rotatable bonds is 5. The third-order valence-corrected chi connectivity index (χ3v) is 5.67. The Hall–Kier alpha value is -4.32. The molecule has 1 aliphatic rings. The largest absolute Gasteiger partial charge is 0.503 e. The van der Waals surface area contributed by atoms with Crippen LogP contribution in [-0.4, -0.2) is 23.9 Å². The van der Waals surface area contributed by atoms with Gasteiger partial charge in [-0.15, -0.1) is 0 Å². The fourth-order valence-electron chi connectivity index (χ4n) is 4.17. The third kappa shape index (κ3) is 3.04. The molecule has 1 atom stereocenters. The number of benzene rings is 3. The van der Waals surface area contributed by atoms with Crippen LogP contribution >= 0.6 is 0 Å². The van der Waals surface area contributed by atoms with Crippen LogP contribution in [0.4, 0.5) is 5.69 Å². The minimum atomic E-state index is -0.834. The number of nitrogens with zero attached hydrogens (tertiary/aromatic N) is 1. The van der Waals surface area contributed by atoms with Crippen molar-refractivity contribution in [1.82, 2.24) is 0 Å². The van der Waals surface area contributed by atoms with Gasteiger partial charge in [-0.25, -0.2) is 0 Å². The number of Topliss-reactive ketones (excluding diaryl/α,β-unsaturated/α-hetero) is 1. The Bertz CT molecular complexity index is 1350. The zero-order chi connectivity index (χ0) is 22.2. The normalized spacial score (nSPS) is 16.1. The van der Waals surface area contributed by atoms with E-state index in [1.165, 1.54) is 17.2 Å². The van der Waals surface area contributed by atoms with Crippen molar-refractivity contribution in [2.24, 2.45) is 0 Å². The lowest BCUT2D eigenvalue weighted by molar-refractivity contribution is -0.117. The summed E-state index contributed by atoms with van der Waals surface area (Å²) in [6.07, 6.45) is 1.38. The number of carbonyl (C=O) groups excluding carboxylic acids is 2. The average molecular weight is 425 g/mol. The number of carbonyl (C=O) groups is 2. The van der Waals surface area contributed by atoms with Gasteiger partial charge >= 0.3 is 0 Å². The SMILES string of the molecule is COc1ccc(N2C(=O)C(O)=C(C(=O)c3ccco3)C2c2cccc3ccccc23)cc1. The number of aliphatic hydroxyl groups excluding tert-OH is 1. The van der Waals surface area contributed by atoms with Crippen molar-refractivity contribution in [1.29, 1.82) is 0 Å². The highest BCUT2D eigenvalue weighted by atomic mass is 16.5. The molecule has 158 valence electrons. The number of hydrogen-bond acceptors (Lipinski definition) is 5. The van der Waals surface area contributed by atoms with Crippen LogP contribution in [0.25, 0.3) is 10.8 Å². The number of methoxy groups -OCH3 is 1. The van der Waals surface area contributed by atoms with Gasteiger partial charge in [0.1, 0.15) is 5.75 Å². The lowest BCUT2D eigenvalue weighted by atomic mass is 9.91. The zero-order valence-corrected chi connectivity index (χ0v) is 17.2. The topological polar surface area (TPSA) is 80.0 Å². The molecule has 1 amide bonds. The maximum atomic E-state index is 13.4. The minimum Gasteiger partial charge on any atom is -0.503 e. The monoisotopic (exact) mass is 425 g/mol. The maximum Gasteiger partial charge on any atom is 0.294 e. The van der Waals surface area contributed by atoms with E-state index in [2.05, 4.69) is 0 Å². The standard InChI is InChI=1S/C26H19NO5/c1-31-18-13-11-17(12-14-18)27-23(20-9-4-7-16-6-2-3-8-19(16)20)22(25(29)26(27)30)24(28)21-10-5-15-32-21/h2-15,23,29H,1H3. The van der Waals surface area contributed by atoms with Crippen molar-refractivity contribution < 1.29 is 23.8 Å². The summed E-state index contributed by atoms with van der Waals surface area (Å²) < 4.78 is 10.5.